The summed E-state index contributed by atoms with van der Waals surface area (Å²) in [6.45, 7) is 3.69. The summed E-state index contributed by atoms with van der Waals surface area (Å²) in [5, 5.41) is 18.5. The molecule has 74 valence electrons. The molecule has 0 bridgehead atoms. The van der Waals surface area contributed by atoms with E-state index in [2.05, 4.69) is 15.9 Å². The standard InChI is InChI=1S/C11H12BrNO/c1-7-3-4-9(10(12)5-7)11(14)8(2)6-13/h3-5,8,11,14H,1-2H3. The number of nitrogens with zero attached hydrogens (tertiary/aromatic N) is 1. The van der Waals surface area contributed by atoms with Gasteiger partial charge in [0, 0.05) is 4.47 Å². The first kappa shape index (κ1) is 11.2. The number of hydrogen-bond donors (Lipinski definition) is 1. The lowest BCUT2D eigenvalue weighted by Gasteiger charge is -2.14. The van der Waals surface area contributed by atoms with Crippen molar-refractivity contribution >= 4 is 15.9 Å². The minimum absolute atomic E-state index is 0.394. The lowest BCUT2D eigenvalue weighted by atomic mass is 9.98. The van der Waals surface area contributed by atoms with Gasteiger partial charge in [0.1, 0.15) is 0 Å². The van der Waals surface area contributed by atoms with Crippen LogP contribution < -0.4 is 0 Å². The Kier molecular flexibility index (Phi) is 3.68. The maximum atomic E-state index is 9.81. The molecule has 2 nitrogen and oxygen atoms in total. The third-order valence-electron chi connectivity index (χ3n) is 2.15. The zero-order valence-electron chi connectivity index (χ0n) is 8.16. The molecule has 0 spiro atoms. The molecule has 14 heavy (non-hydrogen) atoms. The van der Waals surface area contributed by atoms with E-state index in [1.54, 1.807) is 6.92 Å². The van der Waals surface area contributed by atoms with Gasteiger partial charge in [0.25, 0.3) is 0 Å². The van der Waals surface area contributed by atoms with E-state index in [1.807, 2.05) is 31.2 Å². The quantitative estimate of drug-likeness (QED) is 0.881. The molecule has 0 fully saturated rings. The van der Waals surface area contributed by atoms with Crippen molar-refractivity contribution in [2.24, 2.45) is 5.92 Å². The maximum Gasteiger partial charge on any atom is 0.0956 e. The van der Waals surface area contributed by atoms with Crippen molar-refractivity contribution in [1.29, 1.82) is 5.26 Å². The molecule has 0 aliphatic rings. The van der Waals surface area contributed by atoms with Gasteiger partial charge in [-0.1, -0.05) is 28.1 Å². The zero-order chi connectivity index (χ0) is 10.7. The van der Waals surface area contributed by atoms with E-state index >= 15 is 0 Å². The Morgan fingerprint density at radius 3 is 2.64 bits per heavy atom. The van der Waals surface area contributed by atoms with Gasteiger partial charge >= 0.3 is 0 Å². The maximum absolute atomic E-state index is 9.81. The molecule has 0 amide bonds. The zero-order valence-corrected chi connectivity index (χ0v) is 9.75. The number of aliphatic hydroxyl groups is 1. The van der Waals surface area contributed by atoms with Crippen LogP contribution in [0.5, 0.6) is 0 Å². The summed E-state index contributed by atoms with van der Waals surface area (Å²) in [6.07, 6.45) is -0.727. The average molecular weight is 254 g/mol. The Morgan fingerprint density at radius 2 is 2.14 bits per heavy atom. The molecule has 3 heteroatoms. The number of rotatable bonds is 2. The Hall–Kier alpha value is -0.850. The van der Waals surface area contributed by atoms with Crippen LogP contribution in [0.25, 0.3) is 0 Å². The van der Waals surface area contributed by atoms with E-state index in [-0.39, 0.29) is 0 Å². The summed E-state index contributed by atoms with van der Waals surface area (Å²) >= 11 is 3.38. The van der Waals surface area contributed by atoms with Crippen LogP contribution in [-0.4, -0.2) is 5.11 Å². The highest BCUT2D eigenvalue weighted by Crippen LogP contribution is 2.28. The number of halogens is 1. The van der Waals surface area contributed by atoms with Crippen molar-refractivity contribution in [2.75, 3.05) is 0 Å². The van der Waals surface area contributed by atoms with Gasteiger partial charge in [-0.3, -0.25) is 0 Å². The molecule has 1 aromatic rings. The van der Waals surface area contributed by atoms with Crippen molar-refractivity contribution in [3.8, 4) is 6.07 Å². The highest BCUT2D eigenvalue weighted by molar-refractivity contribution is 9.10. The summed E-state index contributed by atoms with van der Waals surface area (Å²) < 4.78 is 0.854. The van der Waals surface area contributed by atoms with Crippen LogP contribution in [0.15, 0.2) is 22.7 Å². The van der Waals surface area contributed by atoms with Crippen molar-refractivity contribution in [3.63, 3.8) is 0 Å². The highest BCUT2D eigenvalue weighted by Gasteiger charge is 2.17. The number of benzene rings is 1. The first-order valence-corrected chi connectivity index (χ1v) is 5.19. The topological polar surface area (TPSA) is 44.0 Å². The number of aryl methyl sites for hydroxylation is 1. The molecule has 1 N–H and O–H groups in total. The van der Waals surface area contributed by atoms with E-state index in [4.69, 9.17) is 5.26 Å². The van der Waals surface area contributed by atoms with Gasteiger partial charge in [0.05, 0.1) is 18.1 Å². The third kappa shape index (κ3) is 2.34. The summed E-state index contributed by atoms with van der Waals surface area (Å²) in [6, 6.07) is 7.74. The van der Waals surface area contributed by atoms with Crippen molar-refractivity contribution in [1.82, 2.24) is 0 Å². The van der Waals surface area contributed by atoms with Crippen LogP contribution in [0.4, 0.5) is 0 Å². The molecular formula is C11H12BrNO. The van der Waals surface area contributed by atoms with Crippen LogP contribution in [0.3, 0.4) is 0 Å². The van der Waals surface area contributed by atoms with Gasteiger partial charge in [-0.15, -0.1) is 0 Å². The van der Waals surface area contributed by atoms with E-state index in [0.717, 1.165) is 15.6 Å². The molecule has 0 radical (unpaired) electrons. The Morgan fingerprint density at radius 1 is 1.50 bits per heavy atom. The molecule has 2 unspecified atom stereocenters. The van der Waals surface area contributed by atoms with Gasteiger partial charge in [-0.2, -0.15) is 5.26 Å². The van der Waals surface area contributed by atoms with Gasteiger partial charge in [0.2, 0.25) is 0 Å². The van der Waals surface area contributed by atoms with Crippen LogP contribution in [0.2, 0.25) is 0 Å². The van der Waals surface area contributed by atoms with E-state index in [9.17, 15) is 5.11 Å². The van der Waals surface area contributed by atoms with E-state index in [1.165, 1.54) is 0 Å². The Balaban J connectivity index is 3.03. The molecule has 1 rings (SSSR count). The predicted molar refractivity (Wildman–Crippen MR) is 58.6 cm³/mol. The molecule has 0 saturated carbocycles. The second-order valence-electron chi connectivity index (χ2n) is 3.39. The molecule has 2 atom stereocenters. The minimum Gasteiger partial charge on any atom is -0.387 e. The Labute approximate surface area is 92.3 Å². The molecular weight excluding hydrogens is 242 g/mol. The normalized spacial score (nSPS) is 14.5. The summed E-state index contributed by atoms with van der Waals surface area (Å²) in [4.78, 5) is 0. The fourth-order valence-corrected chi connectivity index (χ4v) is 1.94. The molecule has 0 heterocycles. The van der Waals surface area contributed by atoms with Crippen LogP contribution in [0.1, 0.15) is 24.2 Å². The fourth-order valence-electron chi connectivity index (χ4n) is 1.21. The molecule has 1 aromatic carbocycles. The first-order valence-electron chi connectivity index (χ1n) is 4.40. The monoisotopic (exact) mass is 253 g/mol. The van der Waals surface area contributed by atoms with Crippen molar-refractivity contribution < 1.29 is 5.11 Å². The van der Waals surface area contributed by atoms with Gasteiger partial charge in [-0.25, -0.2) is 0 Å². The molecule has 0 saturated heterocycles. The first-order chi connectivity index (χ1) is 6.56. The molecule has 0 aromatic heterocycles. The molecule has 0 aliphatic carbocycles. The van der Waals surface area contributed by atoms with Gasteiger partial charge in [-0.05, 0) is 31.0 Å². The lowest BCUT2D eigenvalue weighted by Crippen LogP contribution is -2.07. The van der Waals surface area contributed by atoms with Crippen LogP contribution in [-0.2, 0) is 0 Å². The number of nitriles is 1. The summed E-state index contributed by atoms with van der Waals surface area (Å²) in [5.74, 6) is -0.394. The van der Waals surface area contributed by atoms with Gasteiger partial charge in [0.15, 0.2) is 0 Å². The second kappa shape index (κ2) is 4.59. The minimum atomic E-state index is -0.727. The SMILES string of the molecule is Cc1ccc(C(O)C(C)C#N)c(Br)c1. The van der Waals surface area contributed by atoms with Crippen LogP contribution >= 0.6 is 15.9 Å². The van der Waals surface area contributed by atoms with E-state index in [0.29, 0.717) is 0 Å². The predicted octanol–water partition coefficient (Wildman–Crippen LogP) is 2.95. The molecule has 0 aliphatic heterocycles. The third-order valence-corrected chi connectivity index (χ3v) is 2.84. The fraction of sp³-hybridized carbons (Fsp3) is 0.364. The van der Waals surface area contributed by atoms with E-state index < -0.39 is 12.0 Å². The van der Waals surface area contributed by atoms with Gasteiger partial charge < -0.3 is 5.11 Å². The Bertz CT molecular complexity index is 370. The average Bonchev–Trinajstić information content (AvgIpc) is 2.15. The summed E-state index contributed by atoms with van der Waals surface area (Å²) in [7, 11) is 0. The second-order valence-corrected chi connectivity index (χ2v) is 4.24. The smallest absolute Gasteiger partial charge is 0.0956 e. The van der Waals surface area contributed by atoms with Crippen LogP contribution in [0, 0.1) is 24.2 Å². The number of aliphatic hydroxyl groups excluding tert-OH is 1. The van der Waals surface area contributed by atoms with Crippen molar-refractivity contribution in [3.05, 3.63) is 33.8 Å². The number of hydrogen-bond acceptors (Lipinski definition) is 2. The largest absolute Gasteiger partial charge is 0.387 e. The lowest BCUT2D eigenvalue weighted by molar-refractivity contribution is 0.142. The van der Waals surface area contributed by atoms with Crippen molar-refractivity contribution in [2.45, 2.75) is 20.0 Å². The highest BCUT2D eigenvalue weighted by atomic mass is 79.9. The summed E-state index contributed by atoms with van der Waals surface area (Å²) in [5.41, 5.74) is 1.89.